The van der Waals surface area contributed by atoms with Crippen molar-refractivity contribution in [2.24, 2.45) is 0 Å². The SMILES string of the molecule is Cc1ccc(NC(=O)CSc2ccccc2C(=O)Nc2nnc(C)s2)cc1. The largest absolute Gasteiger partial charge is 0.325 e. The Labute approximate surface area is 165 Å². The maximum atomic E-state index is 12.5. The van der Waals surface area contributed by atoms with Crippen LogP contribution in [0.15, 0.2) is 53.4 Å². The molecule has 3 rings (SSSR count). The average molecular weight is 399 g/mol. The zero-order valence-electron chi connectivity index (χ0n) is 14.9. The Balaban J connectivity index is 1.62. The normalized spacial score (nSPS) is 10.4. The number of amides is 2. The number of hydrogen-bond acceptors (Lipinski definition) is 6. The summed E-state index contributed by atoms with van der Waals surface area (Å²) in [6, 6.07) is 14.8. The average Bonchev–Trinajstić information content (AvgIpc) is 3.07. The highest BCUT2D eigenvalue weighted by Gasteiger charge is 2.14. The van der Waals surface area contributed by atoms with E-state index in [1.807, 2.05) is 50.2 Å². The summed E-state index contributed by atoms with van der Waals surface area (Å²) in [5.41, 5.74) is 2.38. The van der Waals surface area contributed by atoms with Crippen LogP contribution in [0, 0.1) is 13.8 Å². The number of nitrogens with one attached hydrogen (secondary N) is 2. The van der Waals surface area contributed by atoms with Crippen LogP contribution in [0.4, 0.5) is 10.8 Å². The van der Waals surface area contributed by atoms with Crippen molar-refractivity contribution in [1.29, 1.82) is 0 Å². The summed E-state index contributed by atoms with van der Waals surface area (Å²) in [5.74, 6) is -0.192. The highest BCUT2D eigenvalue weighted by atomic mass is 32.2. The number of carbonyl (C=O) groups excluding carboxylic acids is 2. The van der Waals surface area contributed by atoms with E-state index in [2.05, 4.69) is 20.8 Å². The molecule has 0 saturated carbocycles. The second kappa shape index (κ2) is 8.79. The molecular weight excluding hydrogens is 380 g/mol. The highest BCUT2D eigenvalue weighted by Crippen LogP contribution is 2.24. The van der Waals surface area contributed by atoms with Crippen molar-refractivity contribution in [2.45, 2.75) is 18.7 Å². The van der Waals surface area contributed by atoms with Crippen LogP contribution in [0.2, 0.25) is 0 Å². The molecule has 3 aromatic rings. The molecule has 0 aliphatic rings. The van der Waals surface area contributed by atoms with E-state index in [1.165, 1.54) is 23.1 Å². The van der Waals surface area contributed by atoms with Crippen molar-refractivity contribution in [1.82, 2.24) is 10.2 Å². The van der Waals surface area contributed by atoms with E-state index in [0.717, 1.165) is 21.2 Å². The van der Waals surface area contributed by atoms with Gasteiger partial charge in [-0.05, 0) is 38.1 Å². The van der Waals surface area contributed by atoms with E-state index in [4.69, 9.17) is 0 Å². The predicted molar refractivity (Wildman–Crippen MR) is 110 cm³/mol. The number of aromatic nitrogens is 2. The first-order chi connectivity index (χ1) is 13.0. The fraction of sp³-hybridized carbons (Fsp3) is 0.158. The Hall–Kier alpha value is -2.71. The molecule has 6 nitrogen and oxygen atoms in total. The number of carbonyl (C=O) groups is 2. The Morgan fingerprint density at radius 3 is 2.44 bits per heavy atom. The lowest BCUT2D eigenvalue weighted by molar-refractivity contribution is -0.113. The molecule has 0 aliphatic heterocycles. The van der Waals surface area contributed by atoms with Gasteiger partial charge in [0.2, 0.25) is 11.0 Å². The first kappa shape index (κ1) is 19.1. The Kier molecular flexibility index (Phi) is 6.20. The van der Waals surface area contributed by atoms with Crippen molar-refractivity contribution in [2.75, 3.05) is 16.4 Å². The third kappa shape index (κ3) is 5.38. The van der Waals surface area contributed by atoms with Gasteiger partial charge in [-0.3, -0.25) is 14.9 Å². The van der Waals surface area contributed by atoms with Crippen LogP contribution < -0.4 is 10.6 Å². The number of benzene rings is 2. The fourth-order valence-corrected chi connectivity index (χ4v) is 3.71. The van der Waals surface area contributed by atoms with E-state index in [-0.39, 0.29) is 17.6 Å². The number of thioether (sulfide) groups is 1. The third-order valence-electron chi connectivity index (χ3n) is 3.57. The minimum atomic E-state index is -0.270. The molecule has 2 amide bonds. The van der Waals surface area contributed by atoms with Crippen molar-refractivity contribution in [3.05, 3.63) is 64.7 Å². The molecule has 0 unspecified atom stereocenters. The maximum absolute atomic E-state index is 12.5. The third-order valence-corrected chi connectivity index (χ3v) is 5.40. The summed E-state index contributed by atoms with van der Waals surface area (Å²) < 4.78 is 0. The van der Waals surface area contributed by atoms with Crippen LogP contribution in [-0.2, 0) is 4.79 Å². The molecule has 0 spiro atoms. The van der Waals surface area contributed by atoms with Gasteiger partial charge in [-0.15, -0.1) is 22.0 Å². The Bertz CT molecular complexity index is 954. The summed E-state index contributed by atoms with van der Waals surface area (Å²) in [6.07, 6.45) is 0. The fourth-order valence-electron chi connectivity index (χ4n) is 2.27. The summed E-state index contributed by atoms with van der Waals surface area (Å²) in [5, 5.41) is 14.6. The van der Waals surface area contributed by atoms with E-state index in [9.17, 15) is 9.59 Å². The van der Waals surface area contributed by atoms with Gasteiger partial charge in [0.05, 0.1) is 11.3 Å². The van der Waals surface area contributed by atoms with Crippen molar-refractivity contribution in [3.63, 3.8) is 0 Å². The van der Waals surface area contributed by atoms with Gasteiger partial charge in [0.25, 0.3) is 5.91 Å². The molecule has 0 aliphatic carbocycles. The van der Waals surface area contributed by atoms with Gasteiger partial charge in [-0.25, -0.2) is 0 Å². The van der Waals surface area contributed by atoms with Crippen LogP contribution in [-0.4, -0.2) is 27.8 Å². The van der Waals surface area contributed by atoms with E-state index >= 15 is 0 Å². The maximum Gasteiger partial charge on any atom is 0.258 e. The van der Waals surface area contributed by atoms with Gasteiger partial charge in [0.1, 0.15) is 5.01 Å². The van der Waals surface area contributed by atoms with Crippen LogP contribution in [0.25, 0.3) is 0 Å². The lowest BCUT2D eigenvalue weighted by atomic mass is 10.2. The summed E-state index contributed by atoms with van der Waals surface area (Å²) in [6.45, 7) is 3.82. The van der Waals surface area contributed by atoms with Gasteiger partial charge in [0.15, 0.2) is 0 Å². The number of anilines is 2. The predicted octanol–water partition coefficient (Wildman–Crippen LogP) is 4.14. The van der Waals surface area contributed by atoms with Crippen molar-refractivity contribution in [3.8, 4) is 0 Å². The molecule has 2 N–H and O–H groups in total. The number of nitrogens with zero attached hydrogens (tertiary/aromatic N) is 2. The molecule has 8 heteroatoms. The molecule has 138 valence electrons. The van der Waals surface area contributed by atoms with Gasteiger partial charge >= 0.3 is 0 Å². The topological polar surface area (TPSA) is 84.0 Å². The second-order valence-corrected chi connectivity index (χ2v) is 7.98. The lowest BCUT2D eigenvalue weighted by Crippen LogP contribution is -2.15. The number of aryl methyl sites for hydroxylation is 2. The van der Waals surface area contributed by atoms with Crippen molar-refractivity contribution < 1.29 is 9.59 Å². The van der Waals surface area contributed by atoms with Crippen LogP contribution in [0.5, 0.6) is 0 Å². The van der Waals surface area contributed by atoms with Crippen LogP contribution >= 0.6 is 23.1 Å². The molecule has 0 fully saturated rings. The van der Waals surface area contributed by atoms with Gasteiger partial charge in [-0.1, -0.05) is 41.2 Å². The van der Waals surface area contributed by atoms with Gasteiger partial charge in [-0.2, -0.15) is 0 Å². The summed E-state index contributed by atoms with van der Waals surface area (Å²) in [7, 11) is 0. The molecule has 1 heterocycles. The number of hydrogen-bond donors (Lipinski definition) is 2. The Morgan fingerprint density at radius 1 is 1.00 bits per heavy atom. The molecule has 0 bridgehead atoms. The molecular formula is C19H18N4O2S2. The summed E-state index contributed by atoms with van der Waals surface area (Å²) >= 11 is 2.63. The van der Waals surface area contributed by atoms with Gasteiger partial charge < -0.3 is 5.32 Å². The smallest absolute Gasteiger partial charge is 0.258 e. The van der Waals surface area contributed by atoms with Crippen LogP contribution in [0.3, 0.4) is 0 Å². The number of rotatable bonds is 6. The van der Waals surface area contributed by atoms with Crippen LogP contribution in [0.1, 0.15) is 20.9 Å². The molecule has 1 aromatic heterocycles. The highest BCUT2D eigenvalue weighted by molar-refractivity contribution is 8.00. The first-order valence-corrected chi connectivity index (χ1v) is 10.0. The molecule has 0 radical (unpaired) electrons. The van der Waals surface area contributed by atoms with E-state index < -0.39 is 0 Å². The standard InChI is InChI=1S/C19H18N4O2S2/c1-12-7-9-14(10-8-12)20-17(24)11-26-16-6-4-3-5-15(16)18(25)21-19-23-22-13(2)27-19/h3-10H,11H2,1-2H3,(H,20,24)(H,21,23,25). The first-order valence-electron chi connectivity index (χ1n) is 8.21. The molecule has 27 heavy (non-hydrogen) atoms. The van der Waals surface area contributed by atoms with Gasteiger partial charge in [0, 0.05) is 10.6 Å². The lowest BCUT2D eigenvalue weighted by Gasteiger charge is -2.09. The van der Waals surface area contributed by atoms with E-state index in [1.54, 1.807) is 12.1 Å². The second-order valence-electron chi connectivity index (χ2n) is 5.78. The minimum Gasteiger partial charge on any atom is -0.325 e. The molecule has 0 saturated heterocycles. The zero-order chi connectivity index (χ0) is 19.2. The minimum absolute atomic E-state index is 0.126. The monoisotopic (exact) mass is 398 g/mol. The zero-order valence-corrected chi connectivity index (χ0v) is 16.5. The van der Waals surface area contributed by atoms with Crippen molar-refractivity contribution >= 4 is 45.7 Å². The quantitative estimate of drug-likeness (QED) is 0.610. The summed E-state index contributed by atoms with van der Waals surface area (Å²) in [4.78, 5) is 25.5. The molecule has 2 aromatic carbocycles. The molecule has 0 atom stereocenters. The van der Waals surface area contributed by atoms with E-state index in [0.29, 0.717) is 10.7 Å². The Morgan fingerprint density at radius 2 is 1.74 bits per heavy atom.